The van der Waals surface area contributed by atoms with Crippen LogP contribution in [0.25, 0.3) is 0 Å². The van der Waals surface area contributed by atoms with Crippen molar-refractivity contribution in [3.05, 3.63) is 0 Å². The molecule has 5 unspecified atom stereocenters. The van der Waals surface area contributed by atoms with Crippen molar-refractivity contribution in [2.45, 2.75) is 117 Å². The van der Waals surface area contributed by atoms with Gasteiger partial charge in [-0.25, -0.2) is 0 Å². The first kappa shape index (κ1) is 26.4. The SMILES string of the molecule is CCCCCCNC1C[C@]2(C)C(C(=O)OC)CC[C@H]2[C@@H]2CCC3CC(O)C(OCC)C[C@]3(C)[C@H]12. The zero-order valence-electron chi connectivity index (χ0n) is 22.5. The molecule has 0 radical (unpaired) electrons. The van der Waals surface area contributed by atoms with Crippen molar-refractivity contribution in [2.24, 2.45) is 40.4 Å². The van der Waals surface area contributed by atoms with E-state index in [0.29, 0.717) is 36.3 Å². The van der Waals surface area contributed by atoms with Crippen LogP contribution in [-0.2, 0) is 14.3 Å². The minimum atomic E-state index is -0.334. The zero-order chi connectivity index (χ0) is 24.5. The van der Waals surface area contributed by atoms with Crippen molar-refractivity contribution in [2.75, 3.05) is 20.3 Å². The quantitative estimate of drug-likeness (QED) is 0.346. The first-order chi connectivity index (χ1) is 16.3. The van der Waals surface area contributed by atoms with Gasteiger partial charge >= 0.3 is 5.97 Å². The molecule has 5 nitrogen and oxygen atoms in total. The number of methoxy groups -OCH3 is 1. The molecule has 4 saturated carbocycles. The Bertz CT molecular complexity index is 700. The lowest BCUT2D eigenvalue weighted by atomic mass is 9.43. The van der Waals surface area contributed by atoms with Crippen molar-refractivity contribution in [1.29, 1.82) is 0 Å². The average Bonchev–Trinajstić information content (AvgIpc) is 3.16. The Kier molecular flexibility index (Phi) is 8.36. The van der Waals surface area contributed by atoms with Crippen LogP contribution in [0.3, 0.4) is 0 Å². The number of carbonyl (C=O) groups is 1. The van der Waals surface area contributed by atoms with Gasteiger partial charge in [-0.15, -0.1) is 0 Å². The Labute approximate surface area is 208 Å². The number of hydrogen-bond donors (Lipinski definition) is 2. The number of aliphatic hydroxyl groups excluding tert-OH is 1. The smallest absolute Gasteiger partial charge is 0.309 e. The molecule has 0 amide bonds. The number of unbranched alkanes of at least 4 members (excludes halogenated alkanes) is 3. The highest BCUT2D eigenvalue weighted by atomic mass is 16.5. The van der Waals surface area contributed by atoms with Crippen LogP contribution >= 0.6 is 0 Å². The van der Waals surface area contributed by atoms with Gasteiger partial charge in [-0.1, -0.05) is 40.0 Å². The number of carbonyl (C=O) groups excluding carboxylic acids is 1. The number of aliphatic hydroxyl groups is 1. The number of fused-ring (bicyclic) bond motifs is 5. The van der Waals surface area contributed by atoms with Gasteiger partial charge in [0.1, 0.15) is 0 Å². The summed E-state index contributed by atoms with van der Waals surface area (Å²) in [6.07, 6.45) is 12.2. The molecule has 0 heterocycles. The second-order valence-electron chi connectivity index (χ2n) is 12.6. The number of ether oxygens (including phenoxy) is 2. The molecule has 0 aromatic rings. The average molecular weight is 478 g/mol. The van der Waals surface area contributed by atoms with E-state index < -0.39 is 0 Å². The van der Waals surface area contributed by atoms with Gasteiger partial charge in [0.25, 0.3) is 0 Å². The monoisotopic (exact) mass is 477 g/mol. The summed E-state index contributed by atoms with van der Waals surface area (Å²) in [5, 5.41) is 14.9. The normalized spacial score (nSPS) is 45.8. The molecule has 0 saturated heterocycles. The van der Waals surface area contributed by atoms with E-state index in [1.807, 2.05) is 6.92 Å². The fourth-order valence-electron chi connectivity index (χ4n) is 9.39. The standard InChI is InChI=1S/C29H51NO4/c1-6-8-9-10-15-30-23-17-29(4)21(13-14-22(29)27(32)33-5)20-12-11-19-16-24(31)25(34-7-2)18-28(19,3)26(20)23/h19-26,30-31H,6-18H2,1-5H3/t19?,20-,21-,22?,23?,24?,25?,26-,28-,29-/m0/s1. The molecule has 0 spiro atoms. The predicted molar refractivity (Wildman–Crippen MR) is 135 cm³/mol. The molecule has 34 heavy (non-hydrogen) atoms. The van der Waals surface area contributed by atoms with Crippen LogP contribution in [0.5, 0.6) is 0 Å². The molecule has 0 aromatic heterocycles. The van der Waals surface area contributed by atoms with Crippen molar-refractivity contribution >= 4 is 5.97 Å². The van der Waals surface area contributed by atoms with E-state index in [2.05, 4.69) is 26.1 Å². The Morgan fingerprint density at radius 3 is 2.53 bits per heavy atom. The lowest BCUT2D eigenvalue weighted by Crippen LogP contribution is -2.64. The first-order valence-electron chi connectivity index (χ1n) is 14.4. The van der Waals surface area contributed by atoms with Crippen molar-refractivity contribution in [3.8, 4) is 0 Å². The molecular weight excluding hydrogens is 426 g/mol. The number of esters is 1. The van der Waals surface area contributed by atoms with Crippen LogP contribution in [0.15, 0.2) is 0 Å². The molecule has 5 heteroatoms. The van der Waals surface area contributed by atoms with Gasteiger partial charge in [-0.2, -0.15) is 0 Å². The maximum atomic E-state index is 12.8. The maximum absolute atomic E-state index is 12.8. The third kappa shape index (κ3) is 4.59. The van der Waals surface area contributed by atoms with Gasteiger partial charge in [-0.3, -0.25) is 4.79 Å². The molecule has 0 aromatic carbocycles. The highest BCUT2D eigenvalue weighted by Gasteiger charge is 2.65. The highest BCUT2D eigenvalue weighted by molar-refractivity contribution is 5.74. The molecule has 4 fully saturated rings. The van der Waals surface area contributed by atoms with E-state index in [1.54, 1.807) is 7.11 Å². The molecule has 10 atom stereocenters. The van der Waals surface area contributed by atoms with E-state index in [4.69, 9.17) is 9.47 Å². The second-order valence-corrected chi connectivity index (χ2v) is 12.6. The Balaban J connectivity index is 1.63. The van der Waals surface area contributed by atoms with Crippen molar-refractivity contribution < 1.29 is 19.4 Å². The van der Waals surface area contributed by atoms with E-state index in [1.165, 1.54) is 38.5 Å². The molecule has 4 rings (SSSR count). The summed E-state index contributed by atoms with van der Waals surface area (Å²) in [7, 11) is 1.56. The van der Waals surface area contributed by atoms with E-state index in [-0.39, 0.29) is 34.9 Å². The summed E-state index contributed by atoms with van der Waals surface area (Å²) in [6, 6.07) is 0.420. The Morgan fingerprint density at radius 2 is 1.82 bits per heavy atom. The lowest BCUT2D eigenvalue weighted by molar-refractivity contribution is -0.182. The minimum absolute atomic E-state index is 0.00208. The van der Waals surface area contributed by atoms with Gasteiger partial charge < -0.3 is 19.9 Å². The van der Waals surface area contributed by atoms with Crippen LogP contribution < -0.4 is 5.32 Å². The highest BCUT2D eigenvalue weighted by Crippen LogP contribution is 2.67. The fraction of sp³-hybridized carbons (Fsp3) is 0.966. The third-order valence-corrected chi connectivity index (χ3v) is 10.9. The third-order valence-electron chi connectivity index (χ3n) is 10.9. The minimum Gasteiger partial charge on any atom is -0.469 e. The summed E-state index contributed by atoms with van der Waals surface area (Å²) >= 11 is 0. The lowest BCUT2D eigenvalue weighted by Gasteiger charge is -2.64. The number of nitrogens with one attached hydrogen (secondary N) is 1. The summed E-state index contributed by atoms with van der Waals surface area (Å²) in [4.78, 5) is 12.8. The van der Waals surface area contributed by atoms with Crippen molar-refractivity contribution in [1.82, 2.24) is 5.32 Å². The van der Waals surface area contributed by atoms with Crippen LogP contribution in [0.2, 0.25) is 0 Å². The van der Waals surface area contributed by atoms with Gasteiger partial charge in [0, 0.05) is 12.6 Å². The first-order valence-corrected chi connectivity index (χ1v) is 14.4. The molecule has 4 aliphatic rings. The Hall–Kier alpha value is -0.650. The number of rotatable bonds is 9. The fourth-order valence-corrected chi connectivity index (χ4v) is 9.39. The van der Waals surface area contributed by atoms with Gasteiger partial charge in [0.15, 0.2) is 0 Å². The molecular formula is C29H51NO4. The topological polar surface area (TPSA) is 67.8 Å². The van der Waals surface area contributed by atoms with Gasteiger partial charge in [0.2, 0.25) is 0 Å². The molecule has 2 N–H and O–H groups in total. The Morgan fingerprint density at radius 1 is 1.03 bits per heavy atom. The summed E-state index contributed by atoms with van der Waals surface area (Å²) in [6.45, 7) is 11.0. The van der Waals surface area contributed by atoms with E-state index in [9.17, 15) is 9.90 Å². The van der Waals surface area contributed by atoms with Crippen LogP contribution in [0.4, 0.5) is 0 Å². The van der Waals surface area contributed by atoms with Gasteiger partial charge in [-0.05, 0) is 99.3 Å². The maximum Gasteiger partial charge on any atom is 0.309 e. The van der Waals surface area contributed by atoms with Gasteiger partial charge in [0.05, 0.1) is 25.2 Å². The van der Waals surface area contributed by atoms with Crippen LogP contribution in [0, 0.1) is 40.4 Å². The molecule has 0 aliphatic heterocycles. The second kappa shape index (κ2) is 10.8. The van der Waals surface area contributed by atoms with Crippen molar-refractivity contribution in [3.63, 3.8) is 0 Å². The summed E-state index contributed by atoms with van der Waals surface area (Å²) < 4.78 is 11.4. The van der Waals surface area contributed by atoms with E-state index in [0.717, 1.165) is 38.6 Å². The molecule has 0 bridgehead atoms. The largest absolute Gasteiger partial charge is 0.469 e. The summed E-state index contributed by atoms with van der Waals surface area (Å²) in [5.41, 5.74) is 0.194. The molecule has 196 valence electrons. The molecule has 4 aliphatic carbocycles. The van der Waals surface area contributed by atoms with Crippen LogP contribution in [0.1, 0.15) is 98.3 Å². The number of hydrogen-bond acceptors (Lipinski definition) is 5. The van der Waals surface area contributed by atoms with E-state index >= 15 is 0 Å². The zero-order valence-corrected chi connectivity index (χ0v) is 22.5. The van der Waals surface area contributed by atoms with Crippen LogP contribution in [-0.4, -0.2) is 49.6 Å². The predicted octanol–water partition coefficient (Wildman–Crippen LogP) is 5.34. The summed E-state index contributed by atoms with van der Waals surface area (Å²) in [5.74, 6) is 2.41.